The number of hydrogen-bond acceptors (Lipinski definition) is 4. The Labute approximate surface area is 246 Å². The number of fused-ring (bicyclic) bond motifs is 1. The molecule has 1 heterocycles. The molecule has 4 nitrogen and oxygen atoms in total. The summed E-state index contributed by atoms with van der Waals surface area (Å²) in [4.78, 5) is 2.33. The molecule has 218 valence electrons. The SMILES string of the molecule is Fc1ccc(F)c2c1CC(CN1CC(OCc3ccccc3)C(OCc3ccccc3)C(OCc3ccccc3)C1)C2. The number of likely N-dealkylation sites (tertiary alicyclic amines) is 1. The largest absolute Gasteiger partial charge is 0.369 e. The molecule has 6 rings (SSSR count). The Balaban J connectivity index is 1.21. The molecule has 0 saturated carbocycles. The van der Waals surface area contributed by atoms with Crippen molar-refractivity contribution in [2.24, 2.45) is 5.92 Å². The minimum Gasteiger partial charge on any atom is -0.369 e. The van der Waals surface area contributed by atoms with Crippen molar-refractivity contribution in [3.8, 4) is 0 Å². The monoisotopic (exact) mass is 569 g/mol. The molecule has 1 saturated heterocycles. The van der Waals surface area contributed by atoms with Crippen molar-refractivity contribution in [1.29, 1.82) is 0 Å². The number of benzene rings is 4. The molecule has 0 bridgehead atoms. The van der Waals surface area contributed by atoms with E-state index in [9.17, 15) is 8.78 Å². The Morgan fingerprint density at radius 3 is 1.38 bits per heavy atom. The molecule has 2 unspecified atom stereocenters. The fourth-order valence-corrected chi connectivity index (χ4v) is 6.23. The number of hydrogen-bond donors (Lipinski definition) is 0. The molecule has 0 amide bonds. The zero-order valence-corrected chi connectivity index (χ0v) is 23.7. The fraction of sp³-hybridized carbons (Fsp3) is 0.333. The number of halogens is 2. The highest BCUT2D eigenvalue weighted by molar-refractivity contribution is 5.35. The molecule has 2 aliphatic rings. The Kier molecular flexibility index (Phi) is 9.36. The molecule has 2 atom stereocenters. The van der Waals surface area contributed by atoms with Crippen molar-refractivity contribution in [3.63, 3.8) is 0 Å². The van der Waals surface area contributed by atoms with Crippen LogP contribution in [-0.4, -0.2) is 42.8 Å². The van der Waals surface area contributed by atoms with Gasteiger partial charge in [0.2, 0.25) is 0 Å². The molecule has 1 fully saturated rings. The lowest BCUT2D eigenvalue weighted by molar-refractivity contribution is -0.185. The van der Waals surface area contributed by atoms with E-state index in [1.165, 1.54) is 12.1 Å². The molecule has 0 radical (unpaired) electrons. The molecule has 4 aromatic carbocycles. The van der Waals surface area contributed by atoms with E-state index in [1.54, 1.807) is 0 Å². The molecule has 0 N–H and O–H groups in total. The summed E-state index contributed by atoms with van der Waals surface area (Å²) in [6, 6.07) is 32.9. The second-order valence-corrected chi connectivity index (χ2v) is 11.4. The Hall–Kier alpha value is -3.42. The van der Waals surface area contributed by atoms with E-state index >= 15 is 0 Å². The maximum atomic E-state index is 14.5. The summed E-state index contributed by atoms with van der Waals surface area (Å²) in [6.45, 7) is 3.38. The lowest BCUT2D eigenvalue weighted by Gasteiger charge is -2.44. The highest BCUT2D eigenvalue weighted by Crippen LogP contribution is 2.33. The second kappa shape index (κ2) is 13.7. The van der Waals surface area contributed by atoms with Crippen LogP contribution in [0.4, 0.5) is 8.78 Å². The highest BCUT2D eigenvalue weighted by atomic mass is 19.1. The first-order chi connectivity index (χ1) is 20.6. The number of nitrogens with zero attached hydrogens (tertiary/aromatic N) is 1. The minimum absolute atomic E-state index is 0.123. The maximum Gasteiger partial charge on any atom is 0.126 e. The van der Waals surface area contributed by atoms with Crippen LogP contribution in [0.2, 0.25) is 0 Å². The summed E-state index contributed by atoms with van der Waals surface area (Å²) in [5.74, 6) is -0.497. The van der Waals surface area contributed by atoms with E-state index in [2.05, 4.69) is 41.3 Å². The molecular weight excluding hydrogens is 532 g/mol. The van der Waals surface area contributed by atoms with E-state index in [1.807, 2.05) is 54.6 Å². The average molecular weight is 570 g/mol. The standard InChI is InChI=1S/C36H37F2NO3/c37-32-16-17-33(38)31-19-29(18-30(31)32)20-39-21-34(40-23-26-10-4-1-5-11-26)36(42-25-28-14-8-3-9-15-28)35(22-39)41-24-27-12-6-2-7-13-27/h1-17,29,34-36H,18-25H2. The second-order valence-electron chi connectivity index (χ2n) is 11.4. The summed E-state index contributed by atoms with van der Waals surface area (Å²) in [5, 5.41) is 0. The van der Waals surface area contributed by atoms with Crippen LogP contribution in [0, 0.1) is 17.6 Å². The third kappa shape index (κ3) is 7.13. The smallest absolute Gasteiger partial charge is 0.126 e. The van der Waals surface area contributed by atoms with Gasteiger partial charge < -0.3 is 14.2 Å². The number of rotatable bonds is 11. The van der Waals surface area contributed by atoms with E-state index in [4.69, 9.17) is 14.2 Å². The quantitative estimate of drug-likeness (QED) is 0.200. The minimum atomic E-state index is -0.310. The van der Waals surface area contributed by atoms with Crippen LogP contribution in [0.5, 0.6) is 0 Å². The van der Waals surface area contributed by atoms with Gasteiger partial charge >= 0.3 is 0 Å². The number of piperidine rings is 1. The summed E-state index contributed by atoms with van der Waals surface area (Å²) in [7, 11) is 0. The van der Waals surface area contributed by atoms with Gasteiger partial charge in [0.1, 0.15) is 17.7 Å². The topological polar surface area (TPSA) is 30.9 Å². The summed E-state index contributed by atoms with van der Waals surface area (Å²) >= 11 is 0. The van der Waals surface area contributed by atoms with Crippen LogP contribution in [0.15, 0.2) is 103 Å². The van der Waals surface area contributed by atoms with Gasteiger partial charge in [-0.3, -0.25) is 4.90 Å². The molecular formula is C36H37F2NO3. The third-order valence-electron chi connectivity index (χ3n) is 8.33. The van der Waals surface area contributed by atoms with Crippen molar-refractivity contribution in [2.45, 2.75) is 51.0 Å². The lowest BCUT2D eigenvalue weighted by atomic mass is 9.98. The lowest BCUT2D eigenvalue weighted by Crippen LogP contribution is -2.58. The number of ether oxygens (including phenoxy) is 3. The predicted molar refractivity (Wildman–Crippen MR) is 159 cm³/mol. The van der Waals surface area contributed by atoms with Gasteiger partial charge in [0, 0.05) is 19.6 Å². The van der Waals surface area contributed by atoms with Crippen molar-refractivity contribution < 1.29 is 23.0 Å². The normalized spacial score (nSPS) is 21.0. The van der Waals surface area contributed by atoms with Gasteiger partial charge in [0.15, 0.2) is 0 Å². The van der Waals surface area contributed by atoms with Crippen LogP contribution in [0.3, 0.4) is 0 Å². The first-order valence-electron chi connectivity index (χ1n) is 14.8. The third-order valence-corrected chi connectivity index (χ3v) is 8.33. The Bertz CT molecular complexity index is 1340. The maximum absolute atomic E-state index is 14.5. The van der Waals surface area contributed by atoms with Gasteiger partial charge in [-0.1, -0.05) is 91.0 Å². The van der Waals surface area contributed by atoms with Gasteiger partial charge in [-0.2, -0.15) is 0 Å². The van der Waals surface area contributed by atoms with Crippen LogP contribution in [0.1, 0.15) is 27.8 Å². The van der Waals surface area contributed by atoms with Crippen LogP contribution in [0.25, 0.3) is 0 Å². The van der Waals surface area contributed by atoms with E-state index in [0.29, 0.717) is 63.4 Å². The fourth-order valence-electron chi connectivity index (χ4n) is 6.23. The van der Waals surface area contributed by atoms with Crippen molar-refractivity contribution in [1.82, 2.24) is 4.90 Å². The molecule has 4 aromatic rings. The molecule has 0 spiro atoms. The van der Waals surface area contributed by atoms with E-state index in [0.717, 1.165) is 16.7 Å². The van der Waals surface area contributed by atoms with Crippen molar-refractivity contribution in [2.75, 3.05) is 19.6 Å². The molecule has 1 aliphatic heterocycles. The first-order valence-corrected chi connectivity index (χ1v) is 14.8. The first kappa shape index (κ1) is 28.7. The summed E-state index contributed by atoms with van der Waals surface area (Å²) in [5.41, 5.74) is 4.33. The van der Waals surface area contributed by atoms with Gasteiger partial charge in [-0.05, 0) is 58.7 Å². The molecule has 1 aliphatic carbocycles. The van der Waals surface area contributed by atoms with Crippen LogP contribution < -0.4 is 0 Å². The van der Waals surface area contributed by atoms with Gasteiger partial charge in [0.05, 0.1) is 32.0 Å². The van der Waals surface area contributed by atoms with E-state index < -0.39 is 0 Å². The van der Waals surface area contributed by atoms with E-state index in [-0.39, 0.29) is 35.9 Å². The molecule has 0 aromatic heterocycles. The summed E-state index contributed by atoms with van der Waals surface area (Å²) in [6.07, 6.45) is 0.286. The van der Waals surface area contributed by atoms with Crippen molar-refractivity contribution in [3.05, 3.63) is 143 Å². The van der Waals surface area contributed by atoms with Gasteiger partial charge in [-0.15, -0.1) is 0 Å². The Morgan fingerprint density at radius 2 is 0.952 bits per heavy atom. The van der Waals surface area contributed by atoms with Gasteiger partial charge in [-0.25, -0.2) is 8.78 Å². The van der Waals surface area contributed by atoms with Crippen LogP contribution >= 0.6 is 0 Å². The Morgan fingerprint density at radius 1 is 0.548 bits per heavy atom. The molecule has 42 heavy (non-hydrogen) atoms. The molecule has 6 heteroatoms. The van der Waals surface area contributed by atoms with Crippen LogP contribution in [-0.2, 0) is 46.9 Å². The zero-order valence-electron chi connectivity index (χ0n) is 23.7. The van der Waals surface area contributed by atoms with Gasteiger partial charge in [0.25, 0.3) is 0 Å². The zero-order chi connectivity index (χ0) is 28.7. The summed E-state index contributed by atoms with van der Waals surface area (Å²) < 4.78 is 48.8. The predicted octanol–water partition coefficient (Wildman–Crippen LogP) is 6.75. The highest BCUT2D eigenvalue weighted by Gasteiger charge is 2.41. The van der Waals surface area contributed by atoms with Crippen molar-refractivity contribution >= 4 is 0 Å². The average Bonchev–Trinajstić information content (AvgIpc) is 3.47.